The van der Waals surface area contributed by atoms with Gasteiger partial charge in [-0.2, -0.15) is 0 Å². The average molecular weight is 511 g/mol. The van der Waals surface area contributed by atoms with E-state index in [9.17, 15) is 4.79 Å². The normalized spacial score (nSPS) is 18.0. The first-order valence-corrected chi connectivity index (χ1v) is 13.7. The number of pyridine rings is 1. The molecule has 6 nitrogen and oxygen atoms in total. The molecule has 1 atom stereocenters. The average Bonchev–Trinajstić information content (AvgIpc) is 3.36. The minimum atomic E-state index is -0.0380. The number of carbonyl (C=O) groups is 1. The Morgan fingerprint density at radius 3 is 2.63 bits per heavy atom. The lowest BCUT2D eigenvalue weighted by molar-refractivity contribution is 0.0719. The van der Waals surface area contributed by atoms with Gasteiger partial charge in [-0.15, -0.1) is 0 Å². The number of aromatic nitrogens is 2. The topological polar surface area (TPSA) is 50.1 Å². The van der Waals surface area contributed by atoms with Gasteiger partial charge in [0.15, 0.2) is 0 Å². The highest BCUT2D eigenvalue weighted by Gasteiger charge is 2.21. The summed E-state index contributed by atoms with van der Waals surface area (Å²) >= 11 is 0. The van der Waals surface area contributed by atoms with Gasteiger partial charge in [-0.3, -0.25) is 4.79 Å². The molecule has 2 aromatic heterocycles. The second-order valence-electron chi connectivity index (χ2n) is 10.6. The Balaban J connectivity index is 1.41. The summed E-state index contributed by atoms with van der Waals surface area (Å²) in [6.45, 7) is 7.61. The number of ether oxygens (including phenoxy) is 1. The second kappa shape index (κ2) is 11.8. The number of nitrogens with zero attached hydrogens (tertiary/aromatic N) is 4. The smallest absolute Gasteiger partial charge is 0.274 e. The van der Waals surface area contributed by atoms with Crippen molar-refractivity contribution in [2.45, 2.75) is 45.6 Å². The summed E-state index contributed by atoms with van der Waals surface area (Å²) in [5.74, 6) is 1.31. The molecule has 0 fully saturated rings. The number of imidazole rings is 1. The molecule has 0 radical (unpaired) electrons. The van der Waals surface area contributed by atoms with Crippen molar-refractivity contribution in [3.05, 3.63) is 101 Å². The van der Waals surface area contributed by atoms with Crippen LogP contribution in [0.3, 0.4) is 0 Å². The van der Waals surface area contributed by atoms with Crippen LogP contribution in [-0.4, -0.2) is 58.4 Å². The molecule has 1 unspecified atom stereocenters. The number of hydrogen-bond donors (Lipinski definition) is 0. The molecule has 0 saturated carbocycles. The van der Waals surface area contributed by atoms with Crippen LogP contribution in [0.25, 0.3) is 5.65 Å². The molecular weight excluding hydrogens is 472 g/mol. The molecule has 4 aromatic rings. The molecule has 6 heteroatoms. The fourth-order valence-electron chi connectivity index (χ4n) is 5.45. The van der Waals surface area contributed by atoms with Crippen LogP contribution in [0.2, 0.25) is 0 Å². The first-order valence-electron chi connectivity index (χ1n) is 13.7. The van der Waals surface area contributed by atoms with Gasteiger partial charge in [-0.05, 0) is 75.9 Å². The molecule has 0 bridgehead atoms. The maximum atomic E-state index is 13.7. The highest BCUT2D eigenvalue weighted by molar-refractivity contribution is 5.93. The summed E-state index contributed by atoms with van der Waals surface area (Å²) in [6.07, 6.45) is 6.82. The third kappa shape index (κ3) is 6.08. The monoisotopic (exact) mass is 510 g/mol. The fourth-order valence-corrected chi connectivity index (χ4v) is 5.45. The number of fused-ring (bicyclic) bond motifs is 2. The van der Waals surface area contributed by atoms with Crippen LogP contribution in [0.4, 0.5) is 0 Å². The molecule has 1 aliphatic rings. The van der Waals surface area contributed by atoms with E-state index in [4.69, 9.17) is 4.74 Å². The minimum Gasteiger partial charge on any atom is -0.491 e. The molecular formula is C32H38N4O2. The molecule has 198 valence electrons. The van der Waals surface area contributed by atoms with Crippen molar-refractivity contribution in [2.24, 2.45) is 0 Å². The lowest BCUT2D eigenvalue weighted by atomic mass is 9.91. The molecule has 3 heterocycles. The van der Waals surface area contributed by atoms with E-state index in [0.717, 1.165) is 49.3 Å². The maximum absolute atomic E-state index is 13.7. The van der Waals surface area contributed by atoms with Gasteiger partial charge >= 0.3 is 0 Å². The van der Waals surface area contributed by atoms with E-state index in [1.807, 2.05) is 40.8 Å². The Labute approximate surface area is 225 Å². The van der Waals surface area contributed by atoms with Crippen LogP contribution < -0.4 is 4.74 Å². The number of hydrogen-bond acceptors (Lipinski definition) is 4. The van der Waals surface area contributed by atoms with Crippen molar-refractivity contribution in [3.8, 4) is 5.75 Å². The van der Waals surface area contributed by atoms with Gasteiger partial charge < -0.3 is 18.9 Å². The van der Waals surface area contributed by atoms with E-state index in [2.05, 4.69) is 72.4 Å². The number of aryl methyl sites for hydroxylation is 2. The van der Waals surface area contributed by atoms with Crippen LogP contribution >= 0.6 is 0 Å². The summed E-state index contributed by atoms with van der Waals surface area (Å²) in [5, 5.41) is 0. The van der Waals surface area contributed by atoms with E-state index in [0.29, 0.717) is 31.3 Å². The van der Waals surface area contributed by atoms with Crippen molar-refractivity contribution in [2.75, 3.05) is 33.3 Å². The highest BCUT2D eigenvalue weighted by atomic mass is 16.5. The zero-order chi connectivity index (χ0) is 26.5. The number of rotatable bonds is 2. The largest absolute Gasteiger partial charge is 0.491 e. The number of carbonyl (C=O) groups excluding carboxylic acids is 1. The molecule has 0 aliphatic carbocycles. The molecule has 1 amide bonds. The number of amides is 1. The van der Waals surface area contributed by atoms with Crippen LogP contribution in [0.1, 0.15) is 57.9 Å². The minimum absolute atomic E-state index is 0.0380. The van der Waals surface area contributed by atoms with Gasteiger partial charge in [0, 0.05) is 31.0 Å². The second-order valence-corrected chi connectivity index (χ2v) is 10.6. The van der Waals surface area contributed by atoms with E-state index < -0.39 is 0 Å². The maximum Gasteiger partial charge on any atom is 0.274 e. The van der Waals surface area contributed by atoms with E-state index in [-0.39, 0.29) is 5.91 Å². The third-order valence-corrected chi connectivity index (χ3v) is 7.57. The Hall–Kier alpha value is -3.64. The summed E-state index contributed by atoms with van der Waals surface area (Å²) in [6, 6.07) is 21.2. The Morgan fingerprint density at radius 1 is 0.974 bits per heavy atom. The summed E-state index contributed by atoms with van der Waals surface area (Å²) in [4.78, 5) is 22.7. The first kappa shape index (κ1) is 26.0. The molecule has 38 heavy (non-hydrogen) atoms. The zero-order valence-corrected chi connectivity index (χ0v) is 22.8. The van der Waals surface area contributed by atoms with Gasteiger partial charge in [0.2, 0.25) is 0 Å². The van der Waals surface area contributed by atoms with Crippen molar-refractivity contribution >= 4 is 11.6 Å². The molecule has 0 spiro atoms. The van der Waals surface area contributed by atoms with Gasteiger partial charge in [-0.25, -0.2) is 4.98 Å². The summed E-state index contributed by atoms with van der Waals surface area (Å²) in [7, 11) is 2.19. The number of benzene rings is 2. The highest BCUT2D eigenvalue weighted by Crippen LogP contribution is 2.27. The van der Waals surface area contributed by atoms with Crippen molar-refractivity contribution in [1.82, 2.24) is 19.2 Å². The van der Waals surface area contributed by atoms with Crippen LogP contribution in [0.15, 0.2) is 73.1 Å². The molecule has 5 rings (SSSR count). The van der Waals surface area contributed by atoms with Gasteiger partial charge in [0.05, 0.1) is 6.54 Å². The van der Waals surface area contributed by atoms with Gasteiger partial charge in [0.1, 0.15) is 23.7 Å². The molecule has 0 saturated heterocycles. The molecule has 2 aromatic carbocycles. The van der Waals surface area contributed by atoms with Crippen molar-refractivity contribution in [3.63, 3.8) is 0 Å². The summed E-state index contributed by atoms with van der Waals surface area (Å²) in [5.41, 5.74) is 6.15. The van der Waals surface area contributed by atoms with Gasteiger partial charge in [0.25, 0.3) is 5.91 Å². The van der Waals surface area contributed by atoms with Gasteiger partial charge in [-0.1, -0.05) is 54.1 Å². The quantitative estimate of drug-likeness (QED) is 0.338. The van der Waals surface area contributed by atoms with Crippen molar-refractivity contribution in [1.29, 1.82) is 0 Å². The lowest BCUT2D eigenvalue weighted by Gasteiger charge is -2.27. The SMILES string of the molecule is Cc1ccc2c(c1)CN(C)CCC(c1ccccc1)CCCN(C(=O)c1cn3cccc(C)c3n1)CCO2. The predicted molar refractivity (Wildman–Crippen MR) is 152 cm³/mol. The fraction of sp³-hybridized carbons (Fsp3) is 0.375. The lowest BCUT2D eigenvalue weighted by Crippen LogP contribution is -2.36. The first-order chi connectivity index (χ1) is 18.5. The van der Waals surface area contributed by atoms with E-state index in [1.165, 1.54) is 16.7 Å². The standard InChI is InChI=1S/C32H38N4O2/c1-24-13-14-30-28(21-24)22-34(3)18-15-27(26-10-5-4-6-11-26)12-8-16-35(19-20-38-30)32(37)29-23-36-17-7-9-25(2)31(36)33-29/h4-7,9-11,13-14,17,21,23,27H,8,12,15-16,18-20,22H2,1-3H3. The van der Waals surface area contributed by atoms with Crippen LogP contribution in [-0.2, 0) is 6.54 Å². The predicted octanol–water partition coefficient (Wildman–Crippen LogP) is 5.87. The Morgan fingerprint density at radius 2 is 1.82 bits per heavy atom. The Bertz CT molecular complexity index is 1380. The molecule has 1 aliphatic heterocycles. The van der Waals surface area contributed by atoms with Crippen molar-refractivity contribution < 1.29 is 9.53 Å². The summed E-state index contributed by atoms with van der Waals surface area (Å²) < 4.78 is 8.21. The van der Waals surface area contributed by atoms with E-state index >= 15 is 0 Å². The van der Waals surface area contributed by atoms with Crippen LogP contribution in [0, 0.1) is 13.8 Å². The third-order valence-electron chi connectivity index (χ3n) is 7.57. The zero-order valence-electron chi connectivity index (χ0n) is 22.8. The molecule has 0 N–H and O–H groups in total. The van der Waals surface area contributed by atoms with Crippen LogP contribution in [0.5, 0.6) is 5.75 Å². The Kier molecular flexibility index (Phi) is 8.08. The van der Waals surface area contributed by atoms with E-state index in [1.54, 1.807) is 0 Å².